The molecule has 1 saturated heterocycles. The first-order chi connectivity index (χ1) is 16.9. The van der Waals surface area contributed by atoms with Gasteiger partial charge in [0, 0.05) is 37.2 Å². The lowest BCUT2D eigenvalue weighted by atomic mass is 9.88. The summed E-state index contributed by atoms with van der Waals surface area (Å²) in [6.07, 6.45) is 9.70. The van der Waals surface area contributed by atoms with E-state index in [2.05, 4.69) is 6.07 Å². The van der Waals surface area contributed by atoms with Gasteiger partial charge in [0.2, 0.25) is 5.91 Å². The average Bonchev–Trinajstić information content (AvgIpc) is 3.04. The summed E-state index contributed by atoms with van der Waals surface area (Å²) in [6.45, 7) is 1.30. The Kier molecular flexibility index (Phi) is 6.39. The Hall–Kier alpha value is -3.51. The van der Waals surface area contributed by atoms with Crippen molar-refractivity contribution in [2.75, 3.05) is 19.3 Å². The molecule has 1 aliphatic heterocycles. The number of aryl methyl sites for hydroxylation is 2. The van der Waals surface area contributed by atoms with Gasteiger partial charge in [-0.15, -0.1) is 0 Å². The van der Waals surface area contributed by atoms with Crippen molar-refractivity contribution in [1.29, 1.82) is 0 Å². The summed E-state index contributed by atoms with van der Waals surface area (Å²) < 4.78 is 24.4. The molecule has 5 nitrogen and oxygen atoms in total. The highest BCUT2D eigenvalue weighted by atomic mass is 32.2. The molecular weight excluding hydrogens is 456 g/mol. The van der Waals surface area contributed by atoms with Gasteiger partial charge < -0.3 is 4.90 Å². The van der Waals surface area contributed by atoms with Crippen LogP contribution in [-0.2, 0) is 27.5 Å². The van der Waals surface area contributed by atoms with Gasteiger partial charge in [-0.05, 0) is 72.2 Å². The van der Waals surface area contributed by atoms with Crippen LogP contribution in [0, 0.1) is 0 Å². The number of aromatic nitrogens is 1. The Morgan fingerprint density at radius 2 is 1.66 bits per heavy atom. The third-order valence-corrected chi connectivity index (χ3v) is 7.93. The number of carbonyl (C=O) groups excluding carboxylic acids is 1. The van der Waals surface area contributed by atoms with Crippen molar-refractivity contribution >= 4 is 27.4 Å². The SMILES string of the molecule is CS(=O)(=O)c1ccc2c(c1)CCc1cccnc1C2=C1CCN(C(=O)/C=C/c2ccccc2)CC1. The van der Waals surface area contributed by atoms with Crippen LogP contribution in [0.15, 0.2) is 83.4 Å². The number of nitrogens with zero attached hydrogens (tertiary/aromatic N) is 2. The lowest BCUT2D eigenvalue weighted by Crippen LogP contribution is -2.35. The van der Waals surface area contributed by atoms with Gasteiger partial charge in [0.05, 0.1) is 10.6 Å². The van der Waals surface area contributed by atoms with Crippen LogP contribution < -0.4 is 0 Å². The van der Waals surface area contributed by atoms with Gasteiger partial charge in [0.15, 0.2) is 9.84 Å². The molecule has 1 aromatic heterocycles. The highest BCUT2D eigenvalue weighted by Crippen LogP contribution is 2.38. The monoisotopic (exact) mass is 484 g/mol. The number of likely N-dealkylation sites (tertiary alicyclic amines) is 1. The van der Waals surface area contributed by atoms with Crippen LogP contribution in [-0.4, -0.2) is 43.6 Å². The van der Waals surface area contributed by atoms with Crippen molar-refractivity contribution in [1.82, 2.24) is 9.88 Å². The van der Waals surface area contributed by atoms with Crippen LogP contribution in [0.3, 0.4) is 0 Å². The Labute approximate surface area is 206 Å². The number of hydrogen-bond acceptors (Lipinski definition) is 4. The fourth-order valence-electron chi connectivity index (χ4n) is 4.96. The zero-order valence-electron chi connectivity index (χ0n) is 19.8. The van der Waals surface area contributed by atoms with E-state index in [1.807, 2.05) is 65.7 Å². The molecular formula is C29H28N2O3S. The fraction of sp³-hybridized carbons (Fsp3) is 0.241. The third kappa shape index (κ3) is 4.98. The van der Waals surface area contributed by atoms with Crippen molar-refractivity contribution in [2.24, 2.45) is 0 Å². The number of carbonyl (C=O) groups is 1. The molecule has 1 amide bonds. The van der Waals surface area contributed by atoms with Crippen LogP contribution >= 0.6 is 0 Å². The van der Waals surface area contributed by atoms with Gasteiger partial charge >= 0.3 is 0 Å². The maximum absolute atomic E-state index is 12.8. The normalized spacial score (nSPS) is 16.1. The van der Waals surface area contributed by atoms with Gasteiger partial charge in [0.1, 0.15) is 0 Å². The average molecular weight is 485 g/mol. The van der Waals surface area contributed by atoms with Crippen molar-refractivity contribution in [3.63, 3.8) is 0 Å². The summed E-state index contributed by atoms with van der Waals surface area (Å²) >= 11 is 0. The van der Waals surface area contributed by atoms with Crippen LogP contribution in [0.4, 0.5) is 0 Å². The summed E-state index contributed by atoms with van der Waals surface area (Å²) in [6, 6.07) is 19.4. The molecule has 0 radical (unpaired) electrons. The lowest BCUT2D eigenvalue weighted by Gasteiger charge is -2.29. The van der Waals surface area contributed by atoms with E-state index in [-0.39, 0.29) is 5.91 Å². The summed E-state index contributed by atoms with van der Waals surface area (Å²) in [7, 11) is -3.28. The van der Waals surface area contributed by atoms with Crippen molar-refractivity contribution in [2.45, 2.75) is 30.6 Å². The van der Waals surface area contributed by atoms with E-state index in [4.69, 9.17) is 4.98 Å². The molecule has 2 aliphatic rings. The van der Waals surface area contributed by atoms with Crippen molar-refractivity contribution < 1.29 is 13.2 Å². The Balaban J connectivity index is 1.46. The molecule has 2 aromatic carbocycles. The standard InChI is InChI=1S/C29H28N2O3S/c1-35(33,34)25-12-13-26-24(20-25)11-10-23-8-5-17-30-29(23)28(26)22-15-18-31(19-16-22)27(32)14-9-21-6-3-2-4-7-21/h2-9,12-14,17,20H,10-11,15-16,18-19H2,1H3/b14-9+. The maximum atomic E-state index is 12.8. The maximum Gasteiger partial charge on any atom is 0.246 e. The quantitative estimate of drug-likeness (QED) is 0.505. The van der Waals surface area contributed by atoms with E-state index < -0.39 is 9.84 Å². The number of fused-ring (bicyclic) bond motifs is 2. The van der Waals surface area contributed by atoms with Crippen LogP contribution in [0.1, 0.15) is 40.8 Å². The van der Waals surface area contributed by atoms with Gasteiger partial charge in [0.25, 0.3) is 0 Å². The number of amides is 1. The molecule has 5 rings (SSSR count). The van der Waals surface area contributed by atoms with Crippen LogP contribution in [0.2, 0.25) is 0 Å². The minimum Gasteiger partial charge on any atom is -0.339 e. The predicted octanol–water partition coefficient (Wildman–Crippen LogP) is 4.72. The molecule has 0 spiro atoms. The molecule has 0 unspecified atom stereocenters. The van der Waals surface area contributed by atoms with E-state index >= 15 is 0 Å². The first-order valence-corrected chi connectivity index (χ1v) is 13.8. The van der Waals surface area contributed by atoms with E-state index in [1.54, 1.807) is 12.1 Å². The van der Waals surface area contributed by atoms with Gasteiger partial charge in [-0.25, -0.2) is 8.42 Å². The number of sulfone groups is 1. The van der Waals surface area contributed by atoms with Crippen molar-refractivity contribution in [3.8, 4) is 0 Å². The molecule has 0 saturated carbocycles. The molecule has 178 valence electrons. The van der Waals surface area contributed by atoms with Crippen LogP contribution in [0.5, 0.6) is 0 Å². The summed E-state index contributed by atoms with van der Waals surface area (Å²) in [5.74, 6) is 0.0236. The molecule has 0 atom stereocenters. The molecule has 6 heteroatoms. The zero-order chi connectivity index (χ0) is 24.4. The van der Waals surface area contributed by atoms with Crippen LogP contribution in [0.25, 0.3) is 11.6 Å². The lowest BCUT2D eigenvalue weighted by molar-refractivity contribution is -0.126. The minimum atomic E-state index is -3.28. The van der Waals surface area contributed by atoms with Gasteiger partial charge in [-0.2, -0.15) is 0 Å². The second kappa shape index (κ2) is 9.62. The Morgan fingerprint density at radius 3 is 2.40 bits per heavy atom. The summed E-state index contributed by atoms with van der Waals surface area (Å²) in [5.41, 5.74) is 7.66. The number of piperidine rings is 1. The number of benzene rings is 2. The van der Waals surface area contributed by atoms with E-state index in [0.717, 1.165) is 53.6 Å². The largest absolute Gasteiger partial charge is 0.339 e. The van der Waals surface area contributed by atoms with Gasteiger partial charge in [-0.1, -0.05) is 48.0 Å². The Bertz CT molecular complexity index is 1430. The smallest absolute Gasteiger partial charge is 0.246 e. The molecule has 1 fully saturated rings. The van der Waals surface area contributed by atoms with E-state index in [0.29, 0.717) is 18.0 Å². The molecule has 0 bridgehead atoms. The molecule has 1 aliphatic carbocycles. The molecule has 0 N–H and O–H groups in total. The highest BCUT2D eigenvalue weighted by molar-refractivity contribution is 7.90. The third-order valence-electron chi connectivity index (χ3n) is 6.82. The van der Waals surface area contributed by atoms with Gasteiger partial charge in [-0.3, -0.25) is 9.78 Å². The second-order valence-electron chi connectivity index (χ2n) is 9.15. The number of rotatable bonds is 3. The topological polar surface area (TPSA) is 67.3 Å². The molecule has 35 heavy (non-hydrogen) atoms. The Morgan fingerprint density at radius 1 is 0.914 bits per heavy atom. The highest BCUT2D eigenvalue weighted by Gasteiger charge is 2.26. The first kappa shape index (κ1) is 23.2. The van der Waals surface area contributed by atoms with Crippen molar-refractivity contribution in [3.05, 3.63) is 106 Å². The molecule has 3 aromatic rings. The predicted molar refractivity (Wildman–Crippen MR) is 139 cm³/mol. The zero-order valence-corrected chi connectivity index (χ0v) is 20.6. The fourth-order valence-corrected chi connectivity index (χ4v) is 5.63. The molecule has 2 heterocycles. The first-order valence-electron chi connectivity index (χ1n) is 11.9. The van der Waals surface area contributed by atoms with E-state index in [9.17, 15) is 13.2 Å². The minimum absolute atomic E-state index is 0.0236. The number of pyridine rings is 1. The van der Waals surface area contributed by atoms with E-state index in [1.165, 1.54) is 17.4 Å². The number of hydrogen-bond donors (Lipinski definition) is 0. The summed E-state index contributed by atoms with van der Waals surface area (Å²) in [4.78, 5) is 19.8. The summed E-state index contributed by atoms with van der Waals surface area (Å²) in [5, 5.41) is 0. The second-order valence-corrected chi connectivity index (χ2v) is 11.2.